The van der Waals surface area contributed by atoms with Crippen LogP contribution in [0, 0.1) is 6.92 Å². The lowest BCUT2D eigenvalue weighted by Crippen LogP contribution is -2.26. The number of aryl methyl sites for hydroxylation is 1. The van der Waals surface area contributed by atoms with E-state index in [0.29, 0.717) is 22.1 Å². The fourth-order valence-electron chi connectivity index (χ4n) is 2.97. The smallest absolute Gasteiger partial charge is 0.271 e. The third-order valence-electron chi connectivity index (χ3n) is 4.36. The van der Waals surface area contributed by atoms with E-state index in [1.54, 1.807) is 12.1 Å². The van der Waals surface area contributed by atoms with Gasteiger partial charge < -0.3 is 10.1 Å². The molecule has 0 saturated heterocycles. The summed E-state index contributed by atoms with van der Waals surface area (Å²) in [6.45, 7) is 1.91. The SMILES string of the molecule is COc1ccc(C)cc1NC(=O)c1cnc2scc(-c3ccccc3)n2c1=O. The van der Waals surface area contributed by atoms with Crippen molar-refractivity contribution in [3.05, 3.63) is 81.6 Å². The summed E-state index contributed by atoms with van der Waals surface area (Å²) >= 11 is 1.36. The Morgan fingerprint density at radius 1 is 1.18 bits per heavy atom. The molecule has 4 aromatic rings. The number of nitrogens with one attached hydrogen (secondary N) is 1. The van der Waals surface area contributed by atoms with Gasteiger partial charge in [-0.05, 0) is 30.2 Å². The van der Waals surface area contributed by atoms with E-state index in [2.05, 4.69) is 10.3 Å². The van der Waals surface area contributed by atoms with Gasteiger partial charge in [-0.15, -0.1) is 11.3 Å². The Balaban J connectivity index is 1.78. The molecule has 0 aliphatic heterocycles. The number of methoxy groups -OCH3 is 1. The second-order valence-corrected chi connectivity index (χ2v) is 7.08. The molecule has 7 heteroatoms. The lowest BCUT2D eigenvalue weighted by Gasteiger charge is -2.11. The van der Waals surface area contributed by atoms with Crippen molar-refractivity contribution in [2.45, 2.75) is 6.92 Å². The van der Waals surface area contributed by atoms with Crippen molar-refractivity contribution in [1.29, 1.82) is 0 Å². The minimum absolute atomic E-state index is 0.0309. The van der Waals surface area contributed by atoms with E-state index in [1.165, 1.54) is 29.0 Å². The van der Waals surface area contributed by atoms with Gasteiger partial charge in [0.1, 0.15) is 11.3 Å². The molecular weight excluding hydrogens is 374 g/mol. The molecule has 0 bridgehead atoms. The number of carbonyl (C=O) groups excluding carboxylic acids is 1. The van der Waals surface area contributed by atoms with Gasteiger partial charge in [0.15, 0.2) is 4.96 Å². The van der Waals surface area contributed by atoms with E-state index in [-0.39, 0.29) is 5.56 Å². The molecule has 0 unspecified atom stereocenters. The molecule has 28 heavy (non-hydrogen) atoms. The highest BCUT2D eigenvalue weighted by Crippen LogP contribution is 2.26. The normalized spacial score (nSPS) is 10.8. The highest BCUT2D eigenvalue weighted by atomic mass is 32.1. The molecule has 6 nitrogen and oxygen atoms in total. The molecular formula is C21H17N3O3S. The maximum absolute atomic E-state index is 13.1. The van der Waals surface area contributed by atoms with Crippen LogP contribution >= 0.6 is 11.3 Å². The minimum atomic E-state index is -0.527. The van der Waals surface area contributed by atoms with Crippen molar-refractivity contribution >= 4 is 27.9 Å². The molecule has 1 N–H and O–H groups in total. The molecule has 0 spiro atoms. The van der Waals surface area contributed by atoms with E-state index in [1.807, 2.05) is 48.7 Å². The van der Waals surface area contributed by atoms with Crippen molar-refractivity contribution in [3.8, 4) is 17.0 Å². The Morgan fingerprint density at radius 2 is 1.96 bits per heavy atom. The van der Waals surface area contributed by atoms with E-state index in [9.17, 15) is 9.59 Å². The molecule has 2 aromatic heterocycles. The number of hydrogen-bond acceptors (Lipinski definition) is 5. The first kappa shape index (κ1) is 17.9. The van der Waals surface area contributed by atoms with Crippen LogP contribution in [-0.4, -0.2) is 22.4 Å². The Morgan fingerprint density at radius 3 is 2.71 bits per heavy atom. The van der Waals surface area contributed by atoms with Gasteiger partial charge in [0.25, 0.3) is 11.5 Å². The van der Waals surface area contributed by atoms with Gasteiger partial charge in [0.05, 0.1) is 18.5 Å². The lowest BCUT2D eigenvalue weighted by atomic mass is 10.2. The zero-order chi connectivity index (χ0) is 19.7. The van der Waals surface area contributed by atoms with Crippen molar-refractivity contribution in [2.75, 3.05) is 12.4 Å². The quantitative estimate of drug-likeness (QED) is 0.571. The third-order valence-corrected chi connectivity index (χ3v) is 5.20. The van der Waals surface area contributed by atoms with Crippen molar-refractivity contribution in [1.82, 2.24) is 9.38 Å². The Kier molecular flexibility index (Phi) is 4.67. The van der Waals surface area contributed by atoms with Gasteiger partial charge in [-0.25, -0.2) is 4.98 Å². The number of carbonyl (C=O) groups is 1. The van der Waals surface area contributed by atoms with E-state index in [0.717, 1.165) is 11.1 Å². The van der Waals surface area contributed by atoms with E-state index < -0.39 is 11.5 Å². The van der Waals surface area contributed by atoms with Crippen LogP contribution in [-0.2, 0) is 0 Å². The van der Waals surface area contributed by atoms with Gasteiger partial charge in [-0.1, -0.05) is 36.4 Å². The number of fused-ring (bicyclic) bond motifs is 1. The number of aromatic nitrogens is 2. The number of ether oxygens (including phenoxy) is 1. The number of benzene rings is 2. The molecule has 0 aliphatic rings. The average molecular weight is 391 g/mol. The molecule has 2 heterocycles. The van der Waals surface area contributed by atoms with Gasteiger partial charge in [-0.3, -0.25) is 14.0 Å². The van der Waals surface area contributed by atoms with Crippen LogP contribution in [0.3, 0.4) is 0 Å². The van der Waals surface area contributed by atoms with Crippen LogP contribution in [0.15, 0.2) is 64.9 Å². The monoisotopic (exact) mass is 391 g/mol. The first-order valence-corrected chi connectivity index (χ1v) is 9.47. The highest BCUT2D eigenvalue weighted by molar-refractivity contribution is 7.15. The summed E-state index contributed by atoms with van der Waals surface area (Å²) in [5, 5.41) is 4.63. The summed E-state index contributed by atoms with van der Waals surface area (Å²) in [4.78, 5) is 30.7. The molecule has 140 valence electrons. The first-order chi connectivity index (χ1) is 13.6. The van der Waals surface area contributed by atoms with Crippen molar-refractivity contribution in [2.24, 2.45) is 0 Å². The predicted octanol–water partition coefficient (Wildman–Crippen LogP) is 3.99. The summed E-state index contributed by atoms with van der Waals surface area (Å²) in [7, 11) is 1.53. The van der Waals surface area contributed by atoms with Crippen LogP contribution in [0.2, 0.25) is 0 Å². The zero-order valence-electron chi connectivity index (χ0n) is 15.3. The molecule has 0 fully saturated rings. The second kappa shape index (κ2) is 7.28. The lowest BCUT2D eigenvalue weighted by molar-refractivity contribution is 0.102. The van der Waals surface area contributed by atoms with Gasteiger partial charge >= 0.3 is 0 Å². The standard InChI is InChI=1S/C21H17N3O3S/c1-13-8-9-18(27-2)16(10-13)23-19(25)15-11-22-21-24(20(15)26)17(12-28-21)14-6-4-3-5-7-14/h3-12H,1-2H3,(H,23,25). The van der Waals surface area contributed by atoms with Crippen LogP contribution < -0.4 is 15.6 Å². The molecule has 0 aliphatic carbocycles. The minimum Gasteiger partial charge on any atom is -0.495 e. The Labute approximate surface area is 165 Å². The topological polar surface area (TPSA) is 72.7 Å². The molecule has 0 radical (unpaired) electrons. The number of anilines is 1. The first-order valence-electron chi connectivity index (χ1n) is 8.59. The maximum atomic E-state index is 13.1. The fourth-order valence-corrected chi connectivity index (χ4v) is 3.83. The summed E-state index contributed by atoms with van der Waals surface area (Å²) in [6.07, 6.45) is 1.32. The predicted molar refractivity (Wildman–Crippen MR) is 110 cm³/mol. The van der Waals surface area contributed by atoms with Crippen LogP contribution in [0.1, 0.15) is 15.9 Å². The molecule has 0 saturated carbocycles. The number of rotatable bonds is 4. The molecule has 1 amide bonds. The molecule has 4 rings (SSSR count). The summed E-state index contributed by atoms with van der Waals surface area (Å²) in [6, 6.07) is 15.0. The molecule has 2 aromatic carbocycles. The van der Waals surface area contributed by atoms with Gasteiger partial charge in [0, 0.05) is 11.6 Å². The number of nitrogens with zero attached hydrogens (tertiary/aromatic N) is 2. The highest BCUT2D eigenvalue weighted by Gasteiger charge is 2.18. The number of amides is 1. The molecule has 0 atom stereocenters. The van der Waals surface area contributed by atoms with Gasteiger partial charge in [-0.2, -0.15) is 0 Å². The van der Waals surface area contributed by atoms with Crippen molar-refractivity contribution < 1.29 is 9.53 Å². The Hall–Kier alpha value is -3.45. The summed E-state index contributed by atoms with van der Waals surface area (Å²) in [5.41, 5.74) is 2.62. The summed E-state index contributed by atoms with van der Waals surface area (Å²) < 4.78 is 6.76. The fraction of sp³-hybridized carbons (Fsp3) is 0.0952. The van der Waals surface area contributed by atoms with Gasteiger partial charge in [0.2, 0.25) is 0 Å². The third kappa shape index (κ3) is 3.16. The average Bonchev–Trinajstić information content (AvgIpc) is 3.14. The number of hydrogen-bond donors (Lipinski definition) is 1. The van der Waals surface area contributed by atoms with Crippen molar-refractivity contribution in [3.63, 3.8) is 0 Å². The zero-order valence-corrected chi connectivity index (χ0v) is 16.1. The Bertz CT molecular complexity index is 1230. The van der Waals surface area contributed by atoms with E-state index >= 15 is 0 Å². The van der Waals surface area contributed by atoms with Crippen LogP contribution in [0.4, 0.5) is 5.69 Å². The van der Waals surface area contributed by atoms with E-state index in [4.69, 9.17) is 4.74 Å². The largest absolute Gasteiger partial charge is 0.495 e. The summed E-state index contributed by atoms with van der Waals surface area (Å²) in [5.74, 6) is -0.00499. The maximum Gasteiger partial charge on any atom is 0.271 e. The number of thiazole rings is 1. The van der Waals surface area contributed by atoms with Crippen LogP contribution in [0.5, 0.6) is 5.75 Å². The second-order valence-electron chi connectivity index (χ2n) is 6.24. The van der Waals surface area contributed by atoms with Crippen LogP contribution in [0.25, 0.3) is 16.2 Å².